The lowest BCUT2D eigenvalue weighted by molar-refractivity contribution is 0.601. The van der Waals surface area contributed by atoms with Crippen LogP contribution < -0.4 is 4.72 Å². The lowest BCUT2D eigenvalue weighted by Crippen LogP contribution is -2.13. The van der Waals surface area contributed by atoms with Gasteiger partial charge in [0.05, 0.1) is 16.7 Å². The fourth-order valence-electron chi connectivity index (χ4n) is 1.45. The van der Waals surface area contributed by atoms with Gasteiger partial charge in [-0.25, -0.2) is 8.42 Å². The Morgan fingerprint density at radius 1 is 1.42 bits per heavy atom. The third kappa shape index (κ3) is 2.86. The number of aromatic amines is 1. The molecule has 2 N–H and O–H groups in total. The summed E-state index contributed by atoms with van der Waals surface area (Å²) in [6, 6.07) is 7.40. The summed E-state index contributed by atoms with van der Waals surface area (Å²) in [5, 5.41) is 15.1. The molecule has 0 bridgehead atoms. The molecule has 0 fully saturated rings. The van der Waals surface area contributed by atoms with Crippen LogP contribution in [0, 0.1) is 18.3 Å². The van der Waals surface area contributed by atoms with Gasteiger partial charge in [0.2, 0.25) is 0 Å². The first-order chi connectivity index (χ1) is 8.92. The number of nitrogens with one attached hydrogen (secondary N) is 2. The minimum atomic E-state index is -3.83. The van der Waals surface area contributed by atoms with Crippen molar-refractivity contribution >= 4 is 27.4 Å². The molecule has 0 aliphatic carbocycles. The van der Waals surface area contributed by atoms with E-state index in [1.54, 1.807) is 13.0 Å². The van der Waals surface area contributed by atoms with Gasteiger partial charge >= 0.3 is 0 Å². The standard InChI is InChI=1S/C11H9ClN4O2S/c1-7-4-11(15-14-7)16-19(17,18)10-3-2-8(6-13)5-9(10)12/h2-5H,1H3,(H2,14,15,16). The van der Waals surface area contributed by atoms with Gasteiger partial charge < -0.3 is 0 Å². The van der Waals surface area contributed by atoms with Crippen LogP contribution in [0.25, 0.3) is 0 Å². The van der Waals surface area contributed by atoms with Crippen molar-refractivity contribution in [3.05, 3.63) is 40.5 Å². The summed E-state index contributed by atoms with van der Waals surface area (Å²) in [6.07, 6.45) is 0. The van der Waals surface area contributed by atoms with Crippen LogP contribution >= 0.6 is 11.6 Å². The lowest BCUT2D eigenvalue weighted by Gasteiger charge is -2.07. The number of H-pyrrole nitrogens is 1. The van der Waals surface area contributed by atoms with Crippen LogP contribution in [0.1, 0.15) is 11.3 Å². The van der Waals surface area contributed by atoms with Crippen LogP contribution in [-0.2, 0) is 10.0 Å². The van der Waals surface area contributed by atoms with E-state index in [2.05, 4.69) is 14.9 Å². The number of halogens is 1. The molecule has 19 heavy (non-hydrogen) atoms. The molecule has 0 aliphatic rings. The van der Waals surface area contributed by atoms with Gasteiger partial charge in [0.25, 0.3) is 10.0 Å². The Hall–Kier alpha value is -2.04. The zero-order chi connectivity index (χ0) is 14.0. The maximum Gasteiger partial charge on any atom is 0.264 e. The summed E-state index contributed by atoms with van der Waals surface area (Å²) >= 11 is 5.87. The lowest BCUT2D eigenvalue weighted by atomic mass is 10.2. The number of nitrogens with zero attached hydrogens (tertiary/aromatic N) is 2. The molecular formula is C11H9ClN4O2S. The first-order valence-electron chi connectivity index (χ1n) is 5.17. The van der Waals surface area contributed by atoms with Crippen LogP contribution in [0.3, 0.4) is 0 Å². The molecule has 0 saturated heterocycles. The highest BCUT2D eigenvalue weighted by atomic mass is 35.5. The van der Waals surface area contributed by atoms with Crippen LogP contribution in [0.15, 0.2) is 29.2 Å². The van der Waals surface area contributed by atoms with Crippen LogP contribution in [0.2, 0.25) is 5.02 Å². The minimum absolute atomic E-state index is 0.0150. The third-order valence-electron chi connectivity index (χ3n) is 2.30. The summed E-state index contributed by atoms with van der Waals surface area (Å²) in [7, 11) is -3.83. The molecule has 0 radical (unpaired) electrons. The molecule has 0 spiro atoms. The van der Waals surface area contributed by atoms with Crippen molar-refractivity contribution in [2.75, 3.05) is 4.72 Å². The number of hydrogen-bond acceptors (Lipinski definition) is 4. The highest BCUT2D eigenvalue weighted by Crippen LogP contribution is 2.24. The second-order valence-electron chi connectivity index (χ2n) is 3.80. The largest absolute Gasteiger partial charge is 0.281 e. The van der Waals surface area contributed by atoms with Crippen LogP contribution in [0.4, 0.5) is 5.82 Å². The van der Waals surface area contributed by atoms with Crippen LogP contribution in [0.5, 0.6) is 0 Å². The van der Waals surface area contributed by atoms with Gasteiger partial charge in [-0.2, -0.15) is 10.4 Å². The number of rotatable bonds is 3. The zero-order valence-electron chi connectivity index (χ0n) is 9.81. The predicted octanol–water partition coefficient (Wildman–Crippen LogP) is 2.04. The van der Waals surface area contributed by atoms with Gasteiger partial charge in [-0.05, 0) is 25.1 Å². The molecule has 0 unspecified atom stereocenters. The highest BCUT2D eigenvalue weighted by molar-refractivity contribution is 7.92. The third-order valence-corrected chi connectivity index (χ3v) is 4.13. The fraction of sp³-hybridized carbons (Fsp3) is 0.0909. The van der Waals surface area contributed by atoms with Crippen molar-refractivity contribution in [1.82, 2.24) is 10.2 Å². The molecule has 1 heterocycles. The van der Waals surface area contributed by atoms with Gasteiger partial charge in [-0.3, -0.25) is 9.82 Å². The summed E-state index contributed by atoms with van der Waals surface area (Å²) in [5.74, 6) is 0.179. The average molecular weight is 297 g/mol. The molecule has 98 valence electrons. The van der Waals surface area contributed by atoms with Crippen LogP contribution in [-0.4, -0.2) is 18.6 Å². The van der Waals surface area contributed by atoms with Gasteiger partial charge in [0.15, 0.2) is 5.82 Å². The number of aryl methyl sites for hydroxylation is 1. The van der Waals surface area contributed by atoms with Gasteiger partial charge in [0, 0.05) is 11.8 Å². The van der Waals surface area contributed by atoms with E-state index in [0.29, 0.717) is 5.56 Å². The van der Waals surface area contributed by atoms with Crippen molar-refractivity contribution in [3.8, 4) is 6.07 Å². The second-order valence-corrected chi connectivity index (χ2v) is 5.86. The van der Waals surface area contributed by atoms with E-state index >= 15 is 0 Å². The van der Waals surface area contributed by atoms with E-state index in [-0.39, 0.29) is 15.7 Å². The first kappa shape index (κ1) is 13.4. The maximum atomic E-state index is 12.1. The summed E-state index contributed by atoms with van der Waals surface area (Å²) in [4.78, 5) is -0.103. The molecule has 2 rings (SSSR count). The van der Waals surface area contributed by atoms with Crippen molar-refractivity contribution in [1.29, 1.82) is 5.26 Å². The van der Waals surface area contributed by atoms with Gasteiger partial charge in [-0.15, -0.1) is 0 Å². The summed E-state index contributed by atoms with van der Waals surface area (Å²) in [5.41, 5.74) is 1.02. The zero-order valence-corrected chi connectivity index (χ0v) is 11.4. The maximum absolute atomic E-state index is 12.1. The van der Waals surface area contributed by atoms with Crippen molar-refractivity contribution in [2.24, 2.45) is 0 Å². The van der Waals surface area contributed by atoms with Gasteiger partial charge in [0.1, 0.15) is 4.90 Å². The predicted molar refractivity (Wildman–Crippen MR) is 70.3 cm³/mol. The Morgan fingerprint density at radius 3 is 2.68 bits per heavy atom. The van der Waals surface area contributed by atoms with E-state index in [1.807, 2.05) is 6.07 Å². The van der Waals surface area contributed by atoms with Crippen molar-refractivity contribution in [3.63, 3.8) is 0 Å². The molecule has 1 aromatic carbocycles. The topological polar surface area (TPSA) is 98.6 Å². The van der Waals surface area contributed by atoms with Crippen molar-refractivity contribution in [2.45, 2.75) is 11.8 Å². The average Bonchev–Trinajstić information content (AvgIpc) is 2.73. The Balaban J connectivity index is 2.37. The highest BCUT2D eigenvalue weighted by Gasteiger charge is 2.19. The molecule has 8 heteroatoms. The Morgan fingerprint density at radius 2 is 2.16 bits per heavy atom. The number of nitriles is 1. The fourth-order valence-corrected chi connectivity index (χ4v) is 2.99. The van der Waals surface area contributed by atoms with Crippen molar-refractivity contribution < 1.29 is 8.42 Å². The van der Waals surface area contributed by atoms with E-state index < -0.39 is 10.0 Å². The van der Waals surface area contributed by atoms with E-state index in [1.165, 1.54) is 18.2 Å². The number of sulfonamides is 1. The quantitative estimate of drug-likeness (QED) is 0.905. The molecule has 2 aromatic rings. The van der Waals surface area contributed by atoms with E-state index in [9.17, 15) is 8.42 Å². The van der Waals surface area contributed by atoms with Gasteiger partial charge in [-0.1, -0.05) is 11.6 Å². The Kier molecular flexibility index (Phi) is 3.46. The Bertz CT molecular complexity index is 761. The molecule has 0 amide bonds. The normalized spacial score (nSPS) is 11.0. The second kappa shape index (κ2) is 4.91. The number of benzene rings is 1. The number of anilines is 1. The molecule has 0 atom stereocenters. The monoisotopic (exact) mass is 296 g/mol. The molecule has 0 aliphatic heterocycles. The van der Waals surface area contributed by atoms with E-state index in [0.717, 1.165) is 5.69 Å². The minimum Gasteiger partial charge on any atom is -0.281 e. The molecule has 0 saturated carbocycles. The Labute approximate surface area is 115 Å². The summed E-state index contributed by atoms with van der Waals surface area (Å²) < 4.78 is 26.5. The molecule has 1 aromatic heterocycles. The number of hydrogen-bond donors (Lipinski definition) is 2. The molecular weight excluding hydrogens is 288 g/mol. The summed E-state index contributed by atoms with van der Waals surface area (Å²) in [6.45, 7) is 1.75. The number of aromatic nitrogens is 2. The smallest absolute Gasteiger partial charge is 0.264 e. The first-order valence-corrected chi connectivity index (χ1v) is 7.03. The van der Waals surface area contributed by atoms with E-state index in [4.69, 9.17) is 16.9 Å². The molecule has 6 nitrogen and oxygen atoms in total. The SMILES string of the molecule is Cc1cc(NS(=O)(=O)c2ccc(C#N)cc2Cl)n[nH]1.